The highest BCUT2D eigenvalue weighted by Crippen LogP contribution is 2.42. The number of amides is 2. The molecular weight excluding hydrogens is 430 g/mol. The summed E-state index contributed by atoms with van der Waals surface area (Å²) in [5.41, 5.74) is 1.51. The monoisotopic (exact) mass is 449 g/mol. The van der Waals surface area contributed by atoms with Crippen LogP contribution in [0.25, 0.3) is 5.57 Å². The number of imide groups is 1. The van der Waals surface area contributed by atoms with E-state index in [9.17, 15) is 9.59 Å². The fraction of sp³-hybridized carbons (Fsp3) is 0.120. The van der Waals surface area contributed by atoms with E-state index in [4.69, 9.17) is 16.3 Å². The molecule has 0 unspecified atom stereocenters. The topological polar surface area (TPSA) is 46.6 Å². The van der Waals surface area contributed by atoms with Crippen molar-refractivity contribution < 1.29 is 14.3 Å². The standard InChI is InChI=1S/C25H20ClNO3S/c1-2-15-30-20-8-6-7-19(16-20)27-24(28)22(17-11-13-18(26)14-12-17)23(25(27)29)31-21-9-4-3-5-10-21/h3-14,16H,2,15H2,1H3. The van der Waals surface area contributed by atoms with E-state index in [1.165, 1.54) is 16.7 Å². The molecule has 0 aromatic heterocycles. The van der Waals surface area contributed by atoms with Crippen molar-refractivity contribution in [3.8, 4) is 5.75 Å². The molecule has 0 spiro atoms. The number of ether oxygens (including phenoxy) is 1. The molecule has 0 N–H and O–H groups in total. The van der Waals surface area contributed by atoms with E-state index in [1.807, 2.05) is 43.3 Å². The van der Waals surface area contributed by atoms with Crippen LogP contribution in [0.4, 0.5) is 5.69 Å². The molecule has 0 fully saturated rings. The van der Waals surface area contributed by atoms with Gasteiger partial charge in [-0.15, -0.1) is 0 Å². The van der Waals surface area contributed by atoms with E-state index in [-0.39, 0.29) is 11.8 Å². The number of halogens is 1. The van der Waals surface area contributed by atoms with E-state index in [0.717, 1.165) is 11.3 Å². The third kappa shape index (κ3) is 4.53. The predicted molar refractivity (Wildman–Crippen MR) is 125 cm³/mol. The smallest absolute Gasteiger partial charge is 0.272 e. The molecule has 4 rings (SSSR count). The average molecular weight is 450 g/mol. The second-order valence-electron chi connectivity index (χ2n) is 6.92. The van der Waals surface area contributed by atoms with Gasteiger partial charge in [0.05, 0.1) is 22.8 Å². The minimum atomic E-state index is -0.363. The average Bonchev–Trinajstić information content (AvgIpc) is 3.03. The van der Waals surface area contributed by atoms with Crippen molar-refractivity contribution in [3.63, 3.8) is 0 Å². The van der Waals surface area contributed by atoms with Gasteiger partial charge in [0.1, 0.15) is 5.75 Å². The lowest BCUT2D eigenvalue weighted by Crippen LogP contribution is -2.31. The molecule has 4 nitrogen and oxygen atoms in total. The van der Waals surface area contributed by atoms with Gasteiger partial charge in [-0.1, -0.05) is 66.7 Å². The van der Waals surface area contributed by atoms with Crippen molar-refractivity contribution in [1.82, 2.24) is 0 Å². The highest BCUT2D eigenvalue weighted by Gasteiger charge is 2.40. The Balaban J connectivity index is 1.76. The Morgan fingerprint density at radius 3 is 2.35 bits per heavy atom. The van der Waals surface area contributed by atoms with Gasteiger partial charge in [0.25, 0.3) is 11.8 Å². The maximum absolute atomic E-state index is 13.5. The van der Waals surface area contributed by atoms with E-state index >= 15 is 0 Å². The maximum Gasteiger partial charge on any atom is 0.272 e. The molecule has 1 heterocycles. The van der Waals surface area contributed by atoms with E-state index in [2.05, 4.69) is 0 Å². The Morgan fingerprint density at radius 2 is 1.65 bits per heavy atom. The number of carbonyl (C=O) groups excluding carboxylic acids is 2. The number of carbonyl (C=O) groups is 2. The molecule has 31 heavy (non-hydrogen) atoms. The van der Waals surface area contributed by atoms with E-state index < -0.39 is 0 Å². The van der Waals surface area contributed by atoms with Crippen LogP contribution in [0.3, 0.4) is 0 Å². The summed E-state index contributed by atoms with van der Waals surface area (Å²) in [6.07, 6.45) is 0.867. The number of hydrogen-bond acceptors (Lipinski definition) is 4. The second kappa shape index (κ2) is 9.41. The number of hydrogen-bond donors (Lipinski definition) is 0. The number of benzene rings is 3. The van der Waals surface area contributed by atoms with Gasteiger partial charge >= 0.3 is 0 Å². The van der Waals surface area contributed by atoms with Gasteiger partial charge in [0.15, 0.2) is 0 Å². The summed E-state index contributed by atoms with van der Waals surface area (Å²) in [7, 11) is 0. The fourth-order valence-electron chi connectivity index (χ4n) is 3.25. The second-order valence-corrected chi connectivity index (χ2v) is 8.44. The Kier molecular flexibility index (Phi) is 6.44. The van der Waals surface area contributed by atoms with Crippen molar-refractivity contribution in [2.45, 2.75) is 18.2 Å². The van der Waals surface area contributed by atoms with Crippen molar-refractivity contribution >= 4 is 46.4 Å². The number of anilines is 1. The zero-order chi connectivity index (χ0) is 21.8. The lowest BCUT2D eigenvalue weighted by molar-refractivity contribution is -0.119. The summed E-state index contributed by atoms with van der Waals surface area (Å²) in [6, 6.07) is 23.6. The number of rotatable bonds is 7. The zero-order valence-corrected chi connectivity index (χ0v) is 18.5. The summed E-state index contributed by atoms with van der Waals surface area (Å²) in [5, 5.41) is 0.566. The van der Waals surface area contributed by atoms with Crippen molar-refractivity contribution in [1.29, 1.82) is 0 Å². The van der Waals surface area contributed by atoms with Crippen LogP contribution in [0.5, 0.6) is 5.75 Å². The SMILES string of the molecule is CCCOc1cccc(N2C(=O)C(Sc3ccccc3)=C(c3ccc(Cl)cc3)C2=O)c1. The molecule has 3 aromatic carbocycles. The molecule has 0 saturated carbocycles. The number of thioether (sulfide) groups is 1. The predicted octanol–water partition coefficient (Wildman–Crippen LogP) is 6.21. The molecule has 3 aromatic rings. The molecule has 0 radical (unpaired) electrons. The summed E-state index contributed by atoms with van der Waals surface area (Å²) in [6.45, 7) is 2.58. The van der Waals surface area contributed by atoms with E-state index in [1.54, 1.807) is 42.5 Å². The Labute approximate surface area is 190 Å². The van der Waals surface area contributed by atoms with E-state index in [0.29, 0.717) is 39.1 Å². The van der Waals surface area contributed by atoms with Gasteiger partial charge in [0.2, 0.25) is 0 Å². The molecule has 0 bridgehead atoms. The van der Waals surface area contributed by atoms with Crippen LogP contribution in [-0.4, -0.2) is 18.4 Å². The Bertz CT molecular complexity index is 1140. The third-order valence-electron chi connectivity index (χ3n) is 4.69. The van der Waals surface area contributed by atoms with Crippen LogP contribution in [-0.2, 0) is 9.59 Å². The van der Waals surface area contributed by atoms with Gasteiger partial charge in [0, 0.05) is 16.0 Å². The molecule has 0 saturated heterocycles. The van der Waals surface area contributed by atoms with Gasteiger partial charge in [-0.2, -0.15) is 0 Å². The van der Waals surface area contributed by atoms with Crippen molar-refractivity contribution in [2.75, 3.05) is 11.5 Å². The molecule has 0 aliphatic carbocycles. The van der Waals surface area contributed by atoms with Crippen LogP contribution in [0.1, 0.15) is 18.9 Å². The lowest BCUT2D eigenvalue weighted by Gasteiger charge is -2.16. The van der Waals surface area contributed by atoms with Gasteiger partial charge in [-0.05, 0) is 48.4 Å². The molecule has 156 valence electrons. The maximum atomic E-state index is 13.5. The lowest BCUT2D eigenvalue weighted by atomic mass is 10.1. The molecule has 1 aliphatic heterocycles. The van der Waals surface area contributed by atoms with Crippen molar-refractivity contribution in [2.24, 2.45) is 0 Å². The molecular formula is C25H20ClNO3S. The van der Waals surface area contributed by atoms with Crippen LogP contribution >= 0.6 is 23.4 Å². The largest absolute Gasteiger partial charge is 0.494 e. The van der Waals surface area contributed by atoms with Gasteiger partial charge < -0.3 is 4.74 Å². The minimum Gasteiger partial charge on any atom is -0.494 e. The summed E-state index contributed by atoms with van der Waals surface area (Å²) < 4.78 is 5.69. The third-order valence-corrected chi connectivity index (χ3v) is 6.03. The summed E-state index contributed by atoms with van der Waals surface area (Å²) >= 11 is 7.33. The van der Waals surface area contributed by atoms with Crippen LogP contribution < -0.4 is 9.64 Å². The first-order chi connectivity index (χ1) is 15.1. The minimum absolute atomic E-state index is 0.351. The normalized spacial score (nSPS) is 13.8. The Morgan fingerprint density at radius 1 is 0.903 bits per heavy atom. The molecule has 0 atom stereocenters. The summed E-state index contributed by atoms with van der Waals surface area (Å²) in [5.74, 6) is -0.0907. The number of nitrogens with zero attached hydrogens (tertiary/aromatic N) is 1. The molecule has 2 amide bonds. The van der Waals surface area contributed by atoms with Gasteiger partial charge in [-0.25, -0.2) is 4.90 Å². The van der Waals surface area contributed by atoms with Crippen LogP contribution in [0, 0.1) is 0 Å². The van der Waals surface area contributed by atoms with Crippen LogP contribution in [0.2, 0.25) is 5.02 Å². The van der Waals surface area contributed by atoms with Crippen molar-refractivity contribution in [3.05, 3.63) is 94.4 Å². The van der Waals surface area contributed by atoms with Gasteiger partial charge in [-0.3, -0.25) is 9.59 Å². The highest BCUT2D eigenvalue weighted by molar-refractivity contribution is 8.04. The zero-order valence-electron chi connectivity index (χ0n) is 16.9. The summed E-state index contributed by atoms with van der Waals surface area (Å²) in [4.78, 5) is 29.4. The van der Waals surface area contributed by atoms with Crippen LogP contribution in [0.15, 0.2) is 88.7 Å². The molecule has 1 aliphatic rings. The highest BCUT2D eigenvalue weighted by atomic mass is 35.5. The quantitative estimate of drug-likeness (QED) is 0.402. The Hall–Kier alpha value is -3.02. The first kappa shape index (κ1) is 21.2. The first-order valence-electron chi connectivity index (χ1n) is 9.93. The molecule has 6 heteroatoms. The fourth-order valence-corrected chi connectivity index (χ4v) is 4.39. The first-order valence-corrected chi connectivity index (χ1v) is 11.1.